The first kappa shape index (κ1) is 8.38. The van der Waals surface area contributed by atoms with Gasteiger partial charge in [-0.25, -0.2) is 4.79 Å². The summed E-state index contributed by atoms with van der Waals surface area (Å²) in [7, 11) is 0. The molecule has 6 nitrogen and oxygen atoms in total. The second-order valence-corrected chi connectivity index (χ2v) is 2.56. The van der Waals surface area contributed by atoms with Gasteiger partial charge in [-0.05, 0) is 6.92 Å². The molecular formula is C6H6N2O4. The van der Waals surface area contributed by atoms with Crippen LogP contribution in [0.15, 0.2) is 0 Å². The maximum atomic E-state index is 10.9. The Labute approximate surface area is 67.3 Å². The van der Waals surface area contributed by atoms with Gasteiger partial charge in [-0.2, -0.15) is 0 Å². The summed E-state index contributed by atoms with van der Waals surface area (Å²) in [4.78, 5) is 42.8. The Bertz CT molecular complexity index is 263. The molecule has 0 aliphatic carbocycles. The van der Waals surface area contributed by atoms with Gasteiger partial charge in [-0.15, -0.1) is 0 Å². The van der Waals surface area contributed by atoms with E-state index in [4.69, 9.17) is 0 Å². The van der Waals surface area contributed by atoms with Gasteiger partial charge in [0, 0.05) is 0 Å². The van der Waals surface area contributed by atoms with Gasteiger partial charge in [0.05, 0.1) is 0 Å². The fourth-order valence-corrected chi connectivity index (χ4v) is 0.707. The van der Waals surface area contributed by atoms with Crippen LogP contribution in [0.25, 0.3) is 0 Å². The fourth-order valence-electron chi connectivity index (χ4n) is 0.707. The highest BCUT2D eigenvalue weighted by Crippen LogP contribution is 2.15. The molecule has 1 fully saturated rings. The first-order valence-corrected chi connectivity index (χ1v) is 3.14. The van der Waals surface area contributed by atoms with Gasteiger partial charge in [0.15, 0.2) is 5.41 Å². The van der Waals surface area contributed by atoms with E-state index in [0.29, 0.717) is 0 Å². The number of amides is 4. The SMILES string of the molecule is CC1(C=O)C(=O)NC(=O)NC1=O. The van der Waals surface area contributed by atoms with Crippen molar-refractivity contribution >= 4 is 24.1 Å². The van der Waals surface area contributed by atoms with Crippen LogP contribution in [0.3, 0.4) is 0 Å². The lowest BCUT2D eigenvalue weighted by Crippen LogP contribution is -2.61. The lowest BCUT2D eigenvalue weighted by Gasteiger charge is -2.24. The van der Waals surface area contributed by atoms with Crippen molar-refractivity contribution in [2.24, 2.45) is 5.41 Å². The van der Waals surface area contributed by atoms with Crippen LogP contribution in [0.1, 0.15) is 6.92 Å². The second kappa shape index (κ2) is 2.40. The van der Waals surface area contributed by atoms with E-state index in [0.717, 1.165) is 6.92 Å². The van der Waals surface area contributed by atoms with Gasteiger partial charge < -0.3 is 4.79 Å². The van der Waals surface area contributed by atoms with Crippen molar-refractivity contribution in [1.82, 2.24) is 10.6 Å². The summed E-state index contributed by atoms with van der Waals surface area (Å²) in [5.74, 6) is -1.79. The zero-order valence-electron chi connectivity index (χ0n) is 6.21. The summed E-state index contributed by atoms with van der Waals surface area (Å²) in [6, 6.07) is -0.899. The average molecular weight is 170 g/mol. The molecule has 0 saturated carbocycles. The van der Waals surface area contributed by atoms with Crippen LogP contribution in [0, 0.1) is 5.41 Å². The second-order valence-electron chi connectivity index (χ2n) is 2.56. The highest BCUT2D eigenvalue weighted by molar-refractivity contribution is 6.26. The molecule has 64 valence electrons. The van der Waals surface area contributed by atoms with E-state index in [1.54, 1.807) is 0 Å². The molecule has 4 amide bonds. The predicted molar refractivity (Wildman–Crippen MR) is 35.9 cm³/mol. The number of nitrogens with one attached hydrogen (secondary N) is 2. The van der Waals surface area contributed by atoms with E-state index >= 15 is 0 Å². The summed E-state index contributed by atoms with van der Waals surface area (Å²) in [5, 5.41) is 3.62. The number of carbonyl (C=O) groups excluding carboxylic acids is 4. The van der Waals surface area contributed by atoms with E-state index in [2.05, 4.69) is 0 Å². The molecule has 1 rings (SSSR count). The Morgan fingerprint density at radius 3 is 1.92 bits per heavy atom. The molecule has 0 aromatic rings. The van der Waals surface area contributed by atoms with Gasteiger partial charge in [-0.3, -0.25) is 20.2 Å². The summed E-state index contributed by atoms with van der Waals surface area (Å²) >= 11 is 0. The Kier molecular flexibility index (Phi) is 1.68. The third-order valence-corrected chi connectivity index (χ3v) is 1.63. The number of hydrogen-bond acceptors (Lipinski definition) is 4. The van der Waals surface area contributed by atoms with Crippen LogP contribution in [0.5, 0.6) is 0 Å². The summed E-state index contributed by atoms with van der Waals surface area (Å²) in [6.07, 6.45) is 0.199. The predicted octanol–water partition coefficient (Wildman–Crippen LogP) is -1.44. The highest BCUT2D eigenvalue weighted by atomic mass is 16.2. The van der Waals surface area contributed by atoms with Gasteiger partial charge in [-0.1, -0.05) is 0 Å². The van der Waals surface area contributed by atoms with Crippen LogP contribution in [0.2, 0.25) is 0 Å². The smallest absolute Gasteiger partial charge is 0.302 e. The van der Waals surface area contributed by atoms with Crippen LogP contribution < -0.4 is 10.6 Å². The molecule has 1 aliphatic heterocycles. The molecule has 2 N–H and O–H groups in total. The summed E-state index contributed by atoms with van der Waals surface area (Å²) in [6.45, 7) is 1.14. The molecule has 0 spiro atoms. The van der Waals surface area contributed by atoms with Crippen molar-refractivity contribution in [2.45, 2.75) is 6.92 Å². The lowest BCUT2D eigenvalue weighted by molar-refractivity contribution is -0.146. The number of carbonyl (C=O) groups is 4. The van der Waals surface area contributed by atoms with Crippen molar-refractivity contribution in [1.29, 1.82) is 0 Å². The number of aldehydes is 1. The Morgan fingerprint density at radius 2 is 1.58 bits per heavy atom. The molecule has 0 bridgehead atoms. The maximum Gasteiger partial charge on any atom is 0.328 e. The first-order valence-electron chi connectivity index (χ1n) is 3.14. The normalized spacial score (nSPS) is 21.2. The molecule has 0 radical (unpaired) electrons. The van der Waals surface area contributed by atoms with E-state index in [1.807, 2.05) is 10.6 Å². The molecular weight excluding hydrogens is 164 g/mol. The monoisotopic (exact) mass is 170 g/mol. The number of hydrogen-bond donors (Lipinski definition) is 2. The number of imide groups is 2. The van der Waals surface area contributed by atoms with Crippen molar-refractivity contribution in [3.8, 4) is 0 Å². The van der Waals surface area contributed by atoms with Crippen molar-refractivity contribution in [3.05, 3.63) is 0 Å². The minimum atomic E-state index is -1.78. The number of rotatable bonds is 1. The maximum absolute atomic E-state index is 10.9. The van der Waals surface area contributed by atoms with E-state index in [-0.39, 0.29) is 6.29 Å². The van der Waals surface area contributed by atoms with Gasteiger partial charge in [0.25, 0.3) is 11.8 Å². The Balaban J connectivity index is 3.03. The van der Waals surface area contributed by atoms with E-state index < -0.39 is 23.3 Å². The number of barbiturate groups is 1. The highest BCUT2D eigenvalue weighted by Gasteiger charge is 2.46. The Hall–Kier alpha value is -1.72. The van der Waals surface area contributed by atoms with Crippen LogP contribution in [-0.4, -0.2) is 24.1 Å². The minimum Gasteiger partial charge on any atom is -0.302 e. The largest absolute Gasteiger partial charge is 0.328 e. The molecule has 12 heavy (non-hydrogen) atoms. The molecule has 0 atom stereocenters. The van der Waals surface area contributed by atoms with Gasteiger partial charge in [0.1, 0.15) is 6.29 Å². The quantitative estimate of drug-likeness (QED) is 0.372. The Morgan fingerprint density at radius 1 is 1.17 bits per heavy atom. The lowest BCUT2D eigenvalue weighted by atomic mass is 9.89. The molecule has 0 aromatic heterocycles. The molecule has 0 unspecified atom stereocenters. The van der Waals surface area contributed by atoms with E-state index in [1.165, 1.54) is 0 Å². The molecule has 1 saturated heterocycles. The standard InChI is InChI=1S/C6H6N2O4/c1-6(2-9)3(10)7-5(12)8-4(6)11/h2H,1H3,(H2,7,8,10,11,12). The van der Waals surface area contributed by atoms with Crippen molar-refractivity contribution in [3.63, 3.8) is 0 Å². The van der Waals surface area contributed by atoms with Crippen molar-refractivity contribution in [2.75, 3.05) is 0 Å². The van der Waals surface area contributed by atoms with Crippen molar-refractivity contribution < 1.29 is 19.2 Å². The first-order chi connectivity index (χ1) is 5.50. The van der Waals surface area contributed by atoms with Crippen LogP contribution in [-0.2, 0) is 14.4 Å². The third kappa shape index (κ3) is 0.969. The topological polar surface area (TPSA) is 92.3 Å². The molecule has 1 aliphatic rings. The fraction of sp³-hybridized carbons (Fsp3) is 0.333. The van der Waals surface area contributed by atoms with Gasteiger partial charge in [0.2, 0.25) is 0 Å². The van der Waals surface area contributed by atoms with Crippen LogP contribution in [0.4, 0.5) is 4.79 Å². The zero-order valence-corrected chi connectivity index (χ0v) is 6.21. The summed E-state index contributed by atoms with van der Waals surface area (Å²) < 4.78 is 0. The van der Waals surface area contributed by atoms with Crippen LogP contribution >= 0.6 is 0 Å². The molecule has 1 heterocycles. The molecule has 0 aromatic carbocycles. The van der Waals surface area contributed by atoms with Gasteiger partial charge >= 0.3 is 6.03 Å². The minimum absolute atomic E-state index is 0.199. The number of urea groups is 1. The van der Waals surface area contributed by atoms with E-state index in [9.17, 15) is 19.2 Å². The average Bonchev–Trinajstić information content (AvgIpc) is 2.00. The summed E-state index contributed by atoms with van der Waals surface area (Å²) in [5.41, 5.74) is -1.78. The third-order valence-electron chi connectivity index (χ3n) is 1.63. The zero-order chi connectivity index (χ0) is 9.35. The molecule has 6 heteroatoms.